The second kappa shape index (κ2) is 6.57. The van der Waals surface area contributed by atoms with Gasteiger partial charge in [0.1, 0.15) is 16.7 Å². The normalized spacial score (nSPS) is 12.4. The van der Waals surface area contributed by atoms with Gasteiger partial charge in [-0.1, -0.05) is 44.2 Å². The molecule has 0 saturated carbocycles. The highest BCUT2D eigenvalue weighted by atomic mass is 32.1. The van der Waals surface area contributed by atoms with Crippen LogP contribution in [0.2, 0.25) is 0 Å². The minimum Gasteiger partial charge on any atom is -0.368 e. The van der Waals surface area contributed by atoms with E-state index in [2.05, 4.69) is 4.98 Å². The molecule has 5 nitrogen and oxygen atoms in total. The Morgan fingerprint density at radius 3 is 2.58 bits per heavy atom. The fourth-order valence-corrected chi connectivity index (χ4v) is 3.91. The summed E-state index contributed by atoms with van der Waals surface area (Å²) in [6.45, 7) is 3.76. The summed E-state index contributed by atoms with van der Waals surface area (Å²) in [6, 6.07) is 9.05. The third-order valence-corrected chi connectivity index (χ3v) is 5.01. The van der Waals surface area contributed by atoms with E-state index < -0.39 is 11.9 Å². The third-order valence-electron chi connectivity index (χ3n) is 4.14. The number of benzene rings is 1. The Kier molecular flexibility index (Phi) is 4.49. The van der Waals surface area contributed by atoms with Crippen LogP contribution in [0.4, 0.5) is 0 Å². The highest BCUT2D eigenvalue weighted by molar-refractivity contribution is 7.17. The highest BCUT2D eigenvalue weighted by Crippen LogP contribution is 2.31. The molecular formula is C18H19N3O2S. The van der Waals surface area contributed by atoms with E-state index in [4.69, 9.17) is 5.73 Å². The Balaban J connectivity index is 2.35. The number of carbonyl (C=O) groups excluding carboxylic acids is 1. The van der Waals surface area contributed by atoms with Crippen molar-refractivity contribution in [3.63, 3.8) is 0 Å². The number of hydrogen-bond acceptors (Lipinski definition) is 4. The number of primary amides is 1. The number of thiophene rings is 1. The molecule has 2 aromatic heterocycles. The van der Waals surface area contributed by atoms with E-state index >= 15 is 0 Å². The van der Waals surface area contributed by atoms with E-state index in [-0.39, 0.29) is 5.56 Å². The van der Waals surface area contributed by atoms with Crippen molar-refractivity contribution in [2.24, 2.45) is 5.73 Å². The Morgan fingerprint density at radius 1 is 1.29 bits per heavy atom. The van der Waals surface area contributed by atoms with Gasteiger partial charge in [-0.25, -0.2) is 4.98 Å². The maximum absolute atomic E-state index is 13.2. The molecule has 0 aliphatic rings. The Bertz CT molecular complexity index is 944. The standard InChI is InChI=1S/C18H19N3O2S/c1-3-13(16(19)22)21-14(4-2)20-17-15(18(21)23)12(10-24-17)11-8-6-5-7-9-11/h5-10,13H,3-4H2,1-2H3,(H2,19,22). The molecule has 1 amide bonds. The third kappa shape index (κ3) is 2.63. The fourth-order valence-electron chi connectivity index (χ4n) is 2.96. The zero-order valence-electron chi connectivity index (χ0n) is 13.7. The van der Waals surface area contributed by atoms with Crippen molar-refractivity contribution in [1.82, 2.24) is 9.55 Å². The van der Waals surface area contributed by atoms with Crippen molar-refractivity contribution in [2.75, 3.05) is 0 Å². The van der Waals surface area contributed by atoms with Gasteiger partial charge >= 0.3 is 0 Å². The van der Waals surface area contributed by atoms with Crippen LogP contribution in [0.25, 0.3) is 21.3 Å². The average Bonchev–Trinajstić information content (AvgIpc) is 3.02. The Morgan fingerprint density at radius 2 is 2.00 bits per heavy atom. The number of nitrogens with two attached hydrogens (primary N) is 1. The predicted molar refractivity (Wildman–Crippen MR) is 97.2 cm³/mol. The SMILES string of the molecule is CCc1nc2scc(-c3ccccc3)c2c(=O)n1C(CC)C(N)=O. The van der Waals surface area contributed by atoms with Crippen LogP contribution >= 0.6 is 11.3 Å². The molecule has 1 unspecified atom stereocenters. The first-order chi connectivity index (χ1) is 11.6. The second-order valence-corrected chi connectivity index (χ2v) is 6.44. The molecule has 0 aliphatic carbocycles. The summed E-state index contributed by atoms with van der Waals surface area (Å²) in [6.07, 6.45) is 1.02. The van der Waals surface area contributed by atoms with Gasteiger partial charge in [0.2, 0.25) is 5.91 Å². The van der Waals surface area contributed by atoms with E-state index in [1.54, 1.807) is 0 Å². The molecular weight excluding hydrogens is 322 g/mol. The summed E-state index contributed by atoms with van der Waals surface area (Å²) in [7, 11) is 0. The van der Waals surface area contributed by atoms with Crippen LogP contribution in [-0.4, -0.2) is 15.5 Å². The van der Waals surface area contributed by atoms with Crippen LogP contribution in [0, 0.1) is 0 Å². The monoisotopic (exact) mass is 341 g/mol. The van der Waals surface area contributed by atoms with E-state index in [9.17, 15) is 9.59 Å². The van der Waals surface area contributed by atoms with Gasteiger partial charge in [0.25, 0.3) is 5.56 Å². The maximum Gasteiger partial charge on any atom is 0.263 e. The lowest BCUT2D eigenvalue weighted by molar-refractivity contribution is -0.121. The molecule has 1 atom stereocenters. The van der Waals surface area contributed by atoms with Crippen molar-refractivity contribution in [3.8, 4) is 11.1 Å². The van der Waals surface area contributed by atoms with Gasteiger partial charge in [-0.05, 0) is 12.0 Å². The number of hydrogen-bond donors (Lipinski definition) is 1. The molecule has 124 valence electrons. The van der Waals surface area contributed by atoms with Crippen molar-refractivity contribution < 1.29 is 4.79 Å². The molecule has 0 aliphatic heterocycles. The van der Waals surface area contributed by atoms with E-state index in [1.807, 2.05) is 49.6 Å². The summed E-state index contributed by atoms with van der Waals surface area (Å²) < 4.78 is 1.48. The molecule has 3 aromatic rings. The fraction of sp³-hybridized carbons (Fsp3) is 0.278. The van der Waals surface area contributed by atoms with Gasteiger partial charge < -0.3 is 5.73 Å². The van der Waals surface area contributed by atoms with Gasteiger partial charge in [0.05, 0.1) is 5.39 Å². The predicted octanol–water partition coefficient (Wildman–Crippen LogP) is 3.12. The van der Waals surface area contributed by atoms with Crippen molar-refractivity contribution in [2.45, 2.75) is 32.7 Å². The minimum absolute atomic E-state index is 0.192. The average molecular weight is 341 g/mol. The van der Waals surface area contributed by atoms with Gasteiger partial charge in [-0.2, -0.15) is 0 Å². The largest absolute Gasteiger partial charge is 0.368 e. The molecule has 2 heterocycles. The molecule has 6 heteroatoms. The summed E-state index contributed by atoms with van der Waals surface area (Å²) in [4.78, 5) is 30.3. The number of aromatic nitrogens is 2. The minimum atomic E-state index is -0.673. The summed E-state index contributed by atoms with van der Waals surface area (Å²) in [5.74, 6) is 0.0894. The number of amides is 1. The molecule has 0 radical (unpaired) electrons. The number of nitrogens with zero attached hydrogens (tertiary/aromatic N) is 2. The smallest absolute Gasteiger partial charge is 0.263 e. The summed E-state index contributed by atoms with van der Waals surface area (Å²) >= 11 is 1.45. The zero-order valence-corrected chi connectivity index (χ0v) is 14.5. The first kappa shape index (κ1) is 16.4. The van der Waals surface area contributed by atoms with Gasteiger partial charge in [-0.3, -0.25) is 14.2 Å². The lowest BCUT2D eigenvalue weighted by Crippen LogP contribution is -2.36. The second-order valence-electron chi connectivity index (χ2n) is 5.58. The lowest BCUT2D eigenvalue weighted by atomic mass is 10.1. The molecule has 1 aromatic carbocycles. The molecule has 0 fully saturated rings. The van der Waals surface area contributed by atoms with Gasteiger partial charge in [0.15, 0.2) is 0 Å². The number of rotatable bonds is 5. The van der Waals surface area contributed by atoms with Crippen molar-refractivity contribution in [3.05, 3.63) is 51.9 Å². The molecule has 0 saturated heterocycles. The molecule has 2 N–H and O–H groups in total. The van der Waals surface area contributed by atoms with Crippen LogP contribution in [0.5, 0.6) is 0 Å². The molecule has 0 spiro atoms. The number of carbonyl (C=O) groups is 1. The first-order valence-electron chi connectivity index (χ1n) is 7.95. The molecule has 3 rings (SSSR count). The molecule has 0 bridgehead atoms. The van der Waals surface area contributed by atoms with Crippen LogP contribution in [0.15, 0.2) is 40.5 Å². The zero-order chi connectivity index (χ0) is 17.3. The summed E-state index contributed by atoms with van der Waals surface area (Å²) in [5, 5.41) is 2.51. The van der Waals surface area contributed by atoms with Crippen LogP contribution in [0.3, 0.4) is 0 Å². The van der Waals surface area contributed by atoms with Crippen LogP contribution in [-0.2, 0) is 11.2 Å². The maximum atomic E-state index is 13.2. The van der Waals surface area contributed by atoms with Crippen LogP contribution in [0.1, 0.15) is 32.1 Å². The quantitative estimate of drug-likeness (QED) is 0.774. The van der Waals surface area contributed by atoms with Crippen molar-refractivity contribution >= 4 is 27.5 Å². The Hall–Kier alpha value is -2.47. The van der Waals surface area contributed by atoms with Crippen LogP contribution < -0.4 is 11.3 Å². The van der Waals surface area contributed by atoms with E-state index in [0.29, 0.717) is 28.9 Å². The highest BCUT2D eigenvalue weighted by Gasteiger charge is 2.23. The van der Waals surface area contributed by atoms with E-state index in [1.165, 1.54) is 15.9 Å². The molecule has 24 heavy (non-hydrogen) atoms. The number of aryl methyl sites for hydroxylation is 1. The Labute approximate surface area is 143 Å². The summed E-state index contributed by atoms with van der Waals surface area (Å²) in [5.41, 5.74) is 7.14. The first-order valence-corrected chi connectivity index (χ1v) is 8.83. The van der Waals surface area contributed by atoms with Gasteiger partial charge in [0, 0.05) is 17.4 Å². The van der Waals surface area contributed by atoms with Crippen molar-refractivity contribution in [1.29, 1.82) is 0 Å². The van der Waals surface area contributed by atoms with Gasteiger partial charge in [-0.15, -0.1) is 11.3 Å². The number of fused-ring (bicyclic) bond motifs is 1. The topological polar surface area (TPSA) is 78.0 Å². The lowest BCUT2D eigenvalue weighted by Gasteiger charge is -2.18. The van der Waals surface area contributed by atoms with E-state index in [0.717, 1.165) is 11.1 Å².